The van der Waals surface area contributed by atoms with Crippen molar-refractivity contribution in [3.8, 4) is 5.75 Å². The van der Waals surface area contributed by atoms with E-state index in [9.17, 15) is 0 Å². The topological polar surface area (TPSA) is 24.5 Å². The van der Waals surface area contributed by atoms with Crippen LogP contribution < -0.4 is 10.1 Å². The third-order valence-electron chi connectivity index (χ3n) is 4.17. The normalized spacial score (nSPS) is 17.3. The molecular weight excluding hydrogens is 248 g/mol. The average molecular weight is 276 g/mol. The molecular formula is C17H28N2O. The van der Waals surface area contributed by atoms with Crippen molar-refractivity contribution in [2.24, 2.45) is 0 Å². The maximum atomic E-state index is 5.70. The van der Waals surface area contributed by atoms with Gasteiger partial charge in [-0.05, 0) is 58.5 Å². The number of likely N-dealkylation sites (N-methyl/N-ethyl adjacent to an activating group) is 2. The van der Waals surface area contributed by atoms with Crippen LogP contribution in [0.5, 0.6) is 5.75 Å². The van der Waals surface area contributed by atoms with Crippen molar-refractivity contribution < 1.29 is 4.74 Å². The van der Waals surface area contributed by atoms with E-state index in [0.717, 1.165) is 18.3 Å². The molecule has 112 valence electrons. The molecule has 2 rings (SSSR count). The number of nitrogens with zero attached hydrogens (tertiary/aromatic N) is 1. The highest BCUT2D eigenvalue weighted by Gasteiger charge is 2.24. The molecule has 0 radical (unpaired) electrons. The summed E-state index contributed by atoms with van der Waals surface area (Å²) in [4.78, 5) is 2.49. The van der Waals surface area contributed by atoms with Gasteiger partial charge in [0.2, 0.25) is 0 Å². The number of ether oxygens (including phenoxy) is 1. The van der Waals surface area contributed by atoms with Gasteiger partial charge < -0.3 is 15.0 Å². The Morgan fingerprint density at radius 2 is 1.90 bits per heavy atom. The van der Waals surface area contributed by atoms with Crippen LogP contribution in [0.4, 0.5) is 0 Å². The lowest BCUT2D eigenvalue weighted by molar-refractivity contribution is 0.147. The van der Waals surface area contributed by atoms with Crippen LogP contribution in [0.25, 0.3) is 0 Å². The van der Waals surface area contributed by atoms with Gasteiger partial charge >= 0.3 is 0 Å². The lowest BCUT2D eigenvalue weighted by atomic mass is 9.91. The summed E-state index contributed by atoms with van der Waals surface area (Å²) in [6.07, 6.45) is 4.33. The molecule has 1 N–H and O–H groups in total. The second kappa shape index (κ2) is 7.09. The highest BCUT2D eigenvalue weighted by atomic mass is 16.5. The van der Waals surface area contributed by atoms with Crippen molar-refractivity contribution in [1.82, 2.24) is 10.2 Å². The fourth-order valence-corrected chi connectivity index (χ4v) is 2.68. The van der Waals surface area contributed by atoms with Crippen LogP contribution in [-0.4, -0.2) is 37.7 Å². The van der Waals surface area contributed by atoms with E-state index >= 15 is 0 Å². The molecule has 3 nitrogen and oxygen atoms in total. The Balaban J connectivity index is 1.95. The van der Waals surface area contributed by atoms with Crippen molar-refractivity contribution in [1.29, 1.82) is 0 Å². The largest absolute Gasteiger partial charge is 0.491 e. The molecule has 0 spiro atoms. The number of benzene rings is 1. The molecule has 0 amide bonds. The number of hydrogen-bond acceptors (Lipinski definition) is 3. The fourth-order valence-electron chi connectivity index (χ4n) is 2.68. The van der Waals surface area contributed by atoms with E-state index in [0.29, 0.717) is 6.04 Å². The van der Waals surface area contributed by atoms with Crippen molar-refractivity contribution in [3.05, 3.63) is 29.8 Å². The van der Waals surface area contributed by atoms with Crippen LogP contribution in [0.3, 0.4) is 0 Å². The van der Waals surface area contributed by atoms with Gasteiger partial charge in [-0.2, -0.15) is 0 Å². The molecule has 1 aliphatic carbocycles. The van der Waals surface area contributed by atoms with E-state index in [2.05, 4.69) is 55.4 Å². The first-order valence-corrected chi connectivity index (χ1v) is 7.74. The lowest BCUT2D eigenvalue weighted by Crippen LogP contribution is -2.41. The van der Waals surface area contributed by atoms with Gasteiger partial charge in [-0.15, -0.1) is 0 Å². The van der Waals surface area contributed by atoms with Crippen molar-refractivity contribution >= 4 is 0 Å². The summed E-state index contributed by atoms with van der Waals surface area (Å²) in [6, 6.07) is 9.66. The van der Waals surface area contributed by atoms with E-state index < -0.39 is 0 Å². The van der Waals surface area contributed by atoms with E-state index in [-0.39, 0.29) is 6.10 Å². The molecule has 1 fully saturated rings. The SMILES string of the molecule is CNC(CN(C)C1CCC1)c1ccc(OC(C)C)cc1. The van der Waals surface area contributed by atoms with Gasteiger partial charge in [0.05, 0.1) is 6.10 Å². The zero-order valence-electron chi connectivity index (χ0n) is 13.2. The van der Waals surface area contributed by atoms with E-state index in [4.69, 9.17) is 4.74 Å². The predicted octanol–water partition coefficient (Wildman–Crippen LogP) is 3.22. The Hall–Kier alpha value is -1.06. The molecule has 0 aliphatic heterocycles. The maximum Gasteiger partial charge on any atom is 0.119 e. The van der Waals surface area contributed by atoms with Gasteiger partial charge in [-0.3, -0.25) is 0 Å². The van der Waals surface area contributed by atoms with Crippen LogP contribution >= 0.6 is 0 Å². The second-order valence-electron chi connectivity index (χ2n) is 6.10. The van der Waals surface area contributed by atoms with Crippen LogP contribution in [0, 0.1) is 0 Å². The third kappa shape index (κ3) is 3.97. The first kappa shape index (κ1) is 15.3. The zero-order valence-corrected chi connectivity index (χ0v) is 13.2. The van der Waals surface area contributed by atoms with Gasteiger partial charge in [-0.1, -0.05) is 18.6 Å². The van der Waals surface area contributed by atoms with E-state index in [1.807, 2.05) is 7.05 Å². The van der Waals surface area contributed by atoms with Crippen molar-refractivity contribution in [2.75, 3.05) is 20.6 Å². The van der Waals surface area contributed by atoms with Crippen LogP contribution in [-0.2, 0) is 0 Å². The monoisotopic (exact) mass is 276 g/mol. The summed E-state index contributed by atoms with van der Waals surface area (Å²) in [5.41, 5.74) is 1.33. The van der Waals surface area contributed by atoms with Gasteiger partial charge in [-0.25, -0.2) is 0 Å². The van der Waals surface area contributed by atoms with E-state index in [1.54, 1.807) is 0 Å². The lowest BCUT2D eigenvalue weighted by Gasteiger charge is -2.36. The minimum absolute atomic E-state index is 0.227. The van der Waals surface area contributed by atoms with Gasteiger partial charge in [0.25, 0.3) is 0 Å². The molecule has 20 heavy (non-hydrogen) atoms. The van der Waals surface area contributed by atoms with Crippen molar-refractivity contribution in [3.63, 3.8) is 0 Å². The quantitative estimate of drug-likeness (QED) is 0.827. The Morgan fingerprint density at radius 1 is 1.25 bits per heavy atom. The smallest absolute Gasteiger partial charge is 0.119 e. The van der Waals surface area contributed by atoms with Gasteiger partial charge in [0, 0.05) is 18.6 Å². The first-order chi connectivity index (χ1) is 9.60. The summed E-state index contributed by atoms with van der Waals surface area (Å²) >= 11 is 0. The summed E-state index contributed by atoms with van der Waals surface area (Å²) in [5, 5.41) is 3.43. The summed E-state index contributed by atoms with van der Waals surface area (Å²) in [7, 11) is 4.28. The van der Waals surface area contributed by atoms with Crippen LogP contribution in [0.1, 0.15) is 44.7 Å². The number of hydrogen-bond donors (Lipinski definition) is 1. The molecule has 0 aromatic heterocycles. The maximum absolute atomic E-state index is 5.70. The third-order valence-corrected chi connectivity index (χ3v) is 4.17. The predicted molar refractivity (Wildman–Crippen MR) is 84.3 cm³/mol. The Labute approximate surface area is 123 Å². The summed E-state index contributed by atoms with van der Waals surface area (Å²) in [6.45, 7) is 5.17. The Morgan fingerprint density at radius 3 is 2.35 bits per heavy atom. The Kier molecular flexibility index (Phi) is 5.44. The fraction of sp³-hybridized carbons (Fsp3) is 0.647. The molecule has 1 saturated carbocycles. The summed E-state index contributed by atoms with van der Waals surface area (Å²) < 4.78 is 5.70. The molecule has 3 heteroatoms. The van der Waals surface area contributed by atoms with Gasteiger partial charge in [0.15, 0.2) is 0 Å². The van der Waals surface area contributed by atoms with Crippen LogP contribution in [0.15, 0.2) is 24.3 Å². The molecule has 1 aromatic rings. The number of nitrogens with one attached hydrogen (secondary N) is 1. The van der Waals surface area contributed by atoms with Gasteiger partial charge in [0.1, 0.15) is 5.75 Å². The highest BCUT2D eigenvalue weighted by molar-refractivity contribution is 5.29. The van der Waals surface area contributed by atoms with Crippen molar-refractivity contribution in [2.45, 2.75) is 51.3 Å². The second-order valence-corrected chi connectivity index (χ2v) is 6.10. The molecule has 1 aromatic carbocycles. The average Bonchev–Trinajstić information content (AvgIpc) is 2.34. The minimum atomic E-state index is 0.227. The first-order valence-electron chi connectivity index (χ1n) is 7.74. The Bertz CT molecular complexity index is 398. The summed E-state index contributed by atoms with van der Waals surface area (Å²) in [5.74, 6) is 0.950. The zero-order chi connectivity index (χ0) is 14.5. The number of rotatable bonds is 7. The highest BCUT2D eigenvalue weighted by Crippen LogP contribution is 2.26. The molecule has 0 saturated heterocycles. The standard InChI is InChI=1S/C17H28N2O/c1-13(2)20-16-10-8-14(9-11-16)17(18-3)12-19(4)15-6-5-7-15/h8-11,13,15,17-18H,5-7,12H2,1-4H3. The van der Waals surface area contributed by atoms with E-state index in [1.165, 1.54) is 24.8 Å². The molecule has 0 bridgehead atoms. The molecule has 1 unspecified atom stereocenters. The minimum Gasteiger partial charge on any atom is -0.491 e. The molecule has 0 heterocycles. The molecule has 1 atom stereocenters. The van der Waals surface area contributed by atoms with Crippen LogP contribution in [0.2, 0.25) is 0 Å². The molecule has 1 aliphatic rings.